The molecule has 0 spiro atoms. The number of unbranched alkanes of at least 4 members (excludes halogenated alkanes) is 2. The summed E-state index contributed by atoms with van der Waals surface area (Å²) in [5.41, 5.74) is 0.627. The smallest absolute Gasteiger partial charge is 0.264 e. The van der Waals surface area contributed by atoms with E-state index in [9.17, 15) is 4.79 Å². The Morgan fingerprint density at radius 1 is 1.14 bits per heavy atom. The van der Waals surface area contributed by atoms with Gasteiger partial charge in [-0.2, -0.15) is 0 Å². The third-order valence-electron chi connectivity index (χ3n) is 4.01. The zero-order valence-corrected chi connectivity index (χ0v) is 13.7. The molecule has 1 aliphatic heterocycles. The number of Topliss-reactive ketones (excluding diaryl/α,β-unsaturated/α-hetero) is 1. The molecule has 22 heavy (non-hydrogen) atoms. The van der Waals surface area contributed by atoms with Crippen molar-refractivity contribution in [3.63, 3.8) is 0 Å². The Morgan fingerprint density at radius 3 is 2.64 bits per heavy atom. The summed E-state index contributed by atoms with van der Waals surface area (Å²) in [7, 11) is 0. The first-order chi connectivity index (χ1) is 10.8. The lowest BCUT2D eigenvalue weighted by Gasteiger charge is -2.20. The summed E-state index contributed by atoms with van der Waals surface area (Å²) in [5.74, 6) is 0.568. The average molecular weight is 305 g/mol. The number of rotatable bonds is 10. The number of nitrogens with zero attached hydrogens (tertiary/aromatic N) is 1. The van der Waals surface area contributed by atoms with Gasteiger partial charge in [-0.3, -0.25) is 4.79 Å². The van der Waals surface area contributed by atoms with Gasteiger partial charge in [-0.1, -0.05) is 38.8 Å². The molecule has 1 aromatic rings. The second-order valence-electron chi connectivity index (χ2n) is 5.68. The van der Waals surface area contributed by atoms with Crippen LogP contribution >= 0.6 is 0 Å². The van der Waals surface area contributed by atoms with Gasteiger partial charge in [0.05, 0.1) is 12.2 Å². The molecule has 0 fully saturated rings. The molecule has 4 nitrogen and oxygen atoms in total. The number of fused-ring (bicyclic) bond motifs is 1. The normalized spacial score (nSPS) is 16.9. The molecule has 1 heterocycles. The Bertz CT molecular complexity index is 475. The second kappa shape index (κ2) is 8.91. The van der Waals surface area contributed by atoms with Crippen molar-refractivity contribution in [1.82, 2.24) is 4.90 Å². The minimum absolute atomic E-state index is 0.0640. The van der Waals surface area contributed by atoms with E-state index >= 15 is 0 Å². The molecule has 0 N–H and O–H groups in total. The maximum atomic E-state index is 12.1. The van der Waals surface area contributed by atoms with E-state index in [0.717, 1.165) is 26.1 Å². The topological polar surface area (TPSA) is 38.8 Å². The lowest BCUT2D eigenvalue weighted by molar-refractivity contribution is -0.0491. The number of para-hydroxylation sites is 1. The number of ketones is 1. The summed E-state index contributed by atoms with van der Waals surface area (Å²) in [4.78, 5) is 14.5. The van der Waals surface area contributed by atoms with E-state index in [0.29, 0.717) is 17.9 Å². The first kappa shape index (κ1) is 17.0. The summed E-state index contributed by atoms with van der Waals surface area (Å²) < 4.78 is 11.2. The first-order valence-electron chi connectivity index (χ1n) is 8.40. The summed E-state index contributed by atoms with van der Waals surface area (Å²) in [6, 6.07) is 7.30. The number of carbonyl (C=O) groups is 1. The number of carbonyl (C=O) groups excluding carboxylic acids is 1. The maximum Gasteiger partial charge on any atom is 0.264 e. The van der Waals surface area contributed by atoms with Gasteiger partial charge in [0, 0.05) is 6.54 Å². The van der Waals surface area contributed by atoms with Crippen LogP contribution in [0.15, 0.2) is 24.3 Å². The van der Waals surface area contributed by atoms with Crippen LogP contribution in [-0.4, -0.2) is 43.2 Å². The Morgan fingerprint density at radius 2 is 1.91 bits per heavy atom. The highest BCUT2D eigenvalue weighted by molar-refractivity contribution is 6.03. The van der Waals surface area contributed by atoms with E-state index < -0.39 is 6.29 Å². The van der Waals surface area contributed by atoms with Gasteiger partial charge in [0.15, 0.2) is 0 Å². The molecule has 1 atom stereocenters. The zero-order valence-electron chi connectivity index (χ0n) is 13.7. The quantitative estimate of drug-likeness (QED) is 0.620. The van der Waals surface area contributed by atoms with E-state index in [4.69, 9.17) is 9.47 Å². The maximum absolute atomic E-state index is 12.1. The van der Waals surface area contributed by atoms with Crippen LogP contribution in [0.5, 0.6) is 5.75 Å². The van der Waals surface area contributed by atoms with Crippen LogP contribution in [0.3, 0.4) is 0 Å². The molecule has 0 bridgehead atoms. The molecule has 1 unspecified atom stereocenters. The molecular formula is C18H27NO3. The van der Waals surface area contributed by atoms with Crippen molar-refractivity contribution in [2.75, 3.05) is 26.2 Å². The Hall–Kier alpha value is -1.39. The van der Waals surface area contributed by atoms with Gasteiger partial charge in [0.2, 0.25) is 5.78 Å². The van der Waals surface area contributed by atoms with Gasteiger partial charge in [-0.05, 0) is 38.1 Å². The van der Waals surface area contributed by atoms with E-state index in [2.05, 4.69) is 18.7 Å². The summed E-state index contributed by atoms with van der Waals surface area (Å²) in [6.45, 7) is 8.18. The van der Waals surface area contributed by atoms with Crippen LogP contribution < -0.4 is 4.74 Å². The molecule has 0 radical (unpaired) electrons. The largest absolute Gasteiger partial charge is 0.456 e. The molecule has 4 heteroatoms. The molecule has 0 saturated carbocycles. The lowest BCUT2D eigenvalue weighted by Crippen LogP contribution is -2.29. The molecule has 1 aromatic carbocycles. The number of hydrogen-bond acceptors (Lipinski definition) is 4. The molecule has 0 saturated heterocycles. The van der Waals surface area contributed by atoms with Crippen LogP contribution in [0, 0.1) is 0 Å². The molecule has 0 aliphatic carbocycles. The van der Waals surface area contributed by atoms with Crippen LogP contribution in [0.1, 0.15) is 49.9 Å². The highest BCUT2D eigenvalue weighted by Gasteiger charge is 2.32. The summed E-state index contributed by atoms with van der Waals surface area (Å²) in [6.07, 6.45) is 3.96. The summed E-state index contributed by atoms with van der Waals surface area (Å²) in [5, 5.41) is 0. The van der Waals surface area contributed by atoms with E-state index in [1.54, 1.807) is 6.07 Å². The fourth-order valence-electron chi connectivity index (χ4n) is 2.67. The molecule has 0 amide bonds. The highest BCUT2D eigenvalue weighted by Crippen LogP contribution is 2.28. The fourth-order valence-corrected chi connectivity index (χ4v) is 2.67. The predicted molar refractivity (Wildman–Crippen MR) is 87.4 cm³/mol. The highest BCUT2D eigenvalue weighted by atomic mass is 16.7. The van der Waals surface area contributed by atoms with Gasteiger partial charge < -0.3 is 14.4 Å². The Labute approximate surface area is 133 Å². The number of benzene rings is 1. The summed E-state index contributed by atoms with van der Waals surface area (Å²) >= 11 is 0. The molecule has 1 aliphatic rings. The monoisotopic (exact) mass is 305 g/mol. The average Bonchev–Trinajstić information content (AvgIpc) is 2.86. The number of ether oxygens (including phenoxy) is 2. The van der Waals surface area contributed by atoms with E-state index in [1.165, 1.54) is 19.3 Å². The molecule has 2 rings (SSSR count). The van der Waals surface area contributed by atoms with Crippen molar-refractivity contribution < 1.29 is 14.3 Å². The predicted octanol–water partition coefficient (Wildman–Crippen LogP) is 3.51. The van der Waals surface area contributed by atoms with E-state index in [-0.39, 0.29) is 5.78 Å². The van der Waals surface area contributed by atoms with Crippen LogP contribution in [-0.2, 0) is 4.74 Å². The second-order valence-corrected chi connectivity index (χ2v) is 5.68. The number of hydrogen-bond donors (Lipinski definition) is 0. The van der Waals surface area contributed by atoms with Crippen molar-refractivity contribution in [2.45, 2.75) is 45.8 Å². The lowest BCUT2D eigenvalue weighted by atomic mass is 10.1. The third kappa shape index (κ3) is 4.55. The zero-order chi connectivity index (χ0) is 15.8. The van der Waals surface area contributed by atoms with Crippen molar-refractivity contribution >= 4 is 5.78 Å². The van der Waals surface area contributed by atoms with Gasteiger partial charge in [0.1, 0.15) is 5.75 Å². The van der Waals surface area contributed by atoms with Crippen molar-refractivity contribution in [1.29, 1.82) is 0 Å². The van der Waals surface area contributed by atoms with Crippen LogP contribution in [0.25, 0.3) is 0 Å². The van der Waals surface area contributed by atoms with Crippen molar-refractivity contribution in [3.8, 4) is 5.75 Å². The molecular weight excluding hydrogens is 278 g/mol. The SMILES string of the molecule is CCCCCN(CC)CCCOC1Oc2ccccc2C1=O. The third-order valence-corrected chi connectivity index (χ3v) is 4.01. The van der Waals surface area contributed by atoms with Gasteiger partial charge >= 0.3 is 0 Å². The standard InChI is InChI=1S/C18H27NO3/c1-3-5-8-12-19(4-2)13-9-14-21-18-17(20)15-10-6-7-11-16(15)22-18/h6-7,10-11,18H,3-5,8-9,12-14H2,1-2H3. The van der Waals surface area contributed by atoms with E-state index in [1.807, 2.05) is 18.2 Å². The minimum atomic E-state index is -0.757. The van der Waals surface area contributed by atoms with Gasteiger partial charge in [-0.25, -0.2) is 0 Å². The molecule has 122 valence electrons. The van der Waals surface area contributed by atoms with Gasteiger partial charge in [-0.15, -0.1) is 0 Å². The Balaban J connectivity index is 1.66. The van der Waals surface area contributed by atoms with Gasteiger partial charge in [0.25, 0.3) is 6.29 Å². The van der Waals surface area contributed by atoms with Crippen molar-refractivity contribution in [3.05, 3.63) is 29.8 Å². The van der Waals surface area contributed by atoms with Crippen molar-refractivity contribution in [2.24, 2.45) is 0 Å². The fraction of sp³-hybridized carbons (Fsp3) is 0.611. The first-order valence-corrected chi connectivity index (χ1v) is 8.40. The molecule has 0 aromatic heterocycles. The Kier molecular flexibility index (Phi) is 6.87. The minimum Gasteiger partial charge on any atom is -0.456 e. The van der Waals surface area contributed by atoms with Crippen LogP contribution in [0.4, 0.5) is 0 Å². The van der Waals surface area contributed by atoms with Crippen LogP contribution in [0.2, 0.25) is 0 Å².